The fraction of sp³-hybridized carbons (Fsp3) is 0.238. The summed E-state index contributed by atoms with van der Waals surface area (Å²) >= 11 is 0. The van der Waals surface area contributed by atoms with Gasteiger partial charge in [0.25, 0.3) is 0 Å². The van der Waals surface area contributed by atoms with Crippen LogP contribution in [0.5, 0.6) is 0 Å². The lowest BCUT2D eigenvalue weighted by Gasteiger charge is -2.24. The summed E-state index contributed by atoms with van der Waals surface area (Å²) < 4.78 is 0. The highest BCUT2D eigenvalue weighted by Gasteiger charge is 2.22. The number of aromatic nitrogens is 2. The van der Waals surface area contributed by atoms with Gasteiger partial charge in [0.1, 0.15) is 5.82 Å². The maximum Gasteiger partial charge on any atom is 0.232 e. The highest BCUT2D eigenvalue weighted by molar-refractivity contribution is 5.69. The average Bonchev–Trinajstić information content (AvgIpc) is 3.07. The van der Waals surface area contributed by atoms with E-state index in [1.165, 1.54) is 11.3 Å². The summed E-state index contributed by atoms with van der Waals surface area (Å²) in [6, 6.07) is 21.0. The van der Waals surface area contributed by atoms with Gasteiger partial charge in [-0.05, 0) is 44.0 Å². The van der Waals surface area contributed by atoms with Crippen molar-refractivity contribution in [3.05, 3.63) is 71.9 Å². The molecule has 25 heavy (non-hydrogen) atoms. The van der Waals surface area contributed by atoms with Crippen molar-refractivity contribution >= 4 is 23.1 Å². The zero-order valence-electron chi connectivity index (χ0n) is 14.7. The van der Waals surface area contributed by atoms with E-state index in [2.05, 4.69) is 59.2 Å². The zero-order valence-corrected chi connectivity index (χ0v) is 14.7. The van der Waals surface area contributed by atoms with E-state index in [0.717, 1.165) is 42.7 Å². The van der Waals surface area contributed by atoms with Gasteiger partial charge in [-0.1, -0.05) is 36.4 Å². The third-order valence-corrected chi connectivity index (χ3v) is 4.62. The van der Waals surface area contributed by atoms with Crippen molar-refractivity contribution in [2.75, 3.05) is 22.9 Å². The largest absolute Gasteiger partial charge is 0.326 e. The van der Waals surface area contributed by atoms with Gasteiger partial charge in [0.15, 0.2) is 0 Å². The second kappa shape index (κ2) is 6.55. The first-order valence-electron chi connectivity index (χ1n) is 8.80. The third kappa shape index (κ3) is 2.95. The first-order chi connectivity index (χ1) is 12.3. The Morgan fingerprint density at radius 3 is 2.56 bits per heavy atom. The number of hydrogen-bond acceptors (Lipinski definition) is 4. The summed E-state index contributed by atoms with van der Waals surface area (Å²) in [5, 5.41) is 0. The van der Waals surface area contributed by atoms with Gasteiger partial charge in [0, 0.05) is 36.2 Å². The number of anilines is 4. The summed E-state index contributed by atoms with van der Waals surface area (Å²) in [5.41, 5.74) is 4.74. The molecule has 1 aromatic heterocycles. The standard InChI is InChI=1S/C21H22N4/c1-3-24(18-10-5-4-6-11-18)21-22-16(2)15-20(23-21)25-14-13-17-9-7-8-12-19(17)25/h4-12,15H,3,13-14H2,1-2H3. The molecule has 0 atom stereocenters. The van der Waals surface area contributed by atoms with E-state index in [4.69, 9.17) is 9.97 Å². The number of nitrogens with zero attached hydrogens (tertiary/aromatic N) is 4. The van der Waals surface area contributed by atoms with Crippen molar-refractivity contribution in [1.82, 2.24) is 9.97 Å². The van der Waals surface area contributed by atoms with Crippen LogP contribution >= 0.6 is 0 Å². The predicted molar refractivity (Wildman–Crippen MR) is 103 cm³/mol. The fourth-order valence-electron chi connectivity index (χ4n) is 3.42. The first kappa shape index (κ1) is 15.6. The van der Waals surface area contributed by atoms with E-state index in [9.17, 15) is 0 Å². The SMILES string of the molecule is CCN(c1ccccc1)c1nc(C)cc(N2CCc3ccccc32)n1. The van der Waals surface area contributed by atoms with Gasteiger partial charge in [-0.15, -0.1) is 0 Å². The molecule has 0 saturated carbocycles. The molecule has 4 nitrogen and oxygen atoms in total. The van der Waals surface area contributed by atoms with Gasteiger partial charge in [-0.2, -0.15) is 4.98 Å². The van der Waals surface area contributed by atoms with Gasteiger partial charge >= 0.3 is 0 Å². The molecule has 0 amide bonds. The Kier molecular flexibility index (Phi) is 4.10. The van der Waals surface area contributed by atoms with Gasteiger partial charge < -0.3 is 9.80 Å². The van der Waals surface area contributed by atoms with Crippen LogP contribution in [0.1, 0.15) is 18.2 Å². The minimum Gasteiger partial charge on any atom is -0.326 e. The molecule has 0 aliphatic carbocycles. The Balaban J connectivity index is 1.75. The Morgan fingerprint density at radius 2 is 1.76 bits per heavy atom. The number of benzene rings is 2. The van der Waals surface area contributed by atoms with Crippen molar-refractivity contribution in [3.8, 4) is 0 Å². The van der Waals surface area contributed by atoms with Crippen LogP contribution in [0.3, 0.4) is 0 Å². The minimum absolute atomic E-state index is 0.757. The maximum absolute atomic E-state index is 4.90. The highest BCUT2D eigenvalue weighted by Crippen LogP contribution is 2.34. The molecule has 0 spiro atoms. The molecule has 1 aliphatic rings. The molecular formula is C21H22N4. The van der Waals surface area contributed by atoms with Crippen molar-refractivity contribution < 1.29 is 0 Å². The summed E-state index contributed by atoms with van der Waals surface area (Å²) in [6.07, 6.45) is 1.06. The lowest BCUT2D eigenvalue weighted by molar-refractivity contribution is 0.908. The van der Waals surface area contributed by atoms with Crippen molar-refractivity contribution in [1.29, 1.82) is 0 Å². The molecular weight excluding hydrogens is 308 g/mol. The van der Waals surface area contributed by atoms with Gasteiger partial charge in [-0.25, -0.2) is 4.98 Å². The molecule has 3 aromatic rings. The molecule has 0 saturated heterocycles. The lowest BCUT2D eigenvalue weighted by Crippen LogP contribution is -2.22. The molecule has 0 fully saturated rings. The molecule has 0 radical (unpaired) electrons. The normalized spacial score (nSPS) is 13.0. The van der Waals surface area contributed by atoms with Crippen LogP contribution in [0.2, 0.25) is 0 Å². The molecule has 4 heteroatoms. The second-order valence-electron chi connectivity index (χ2n) is 6.28. The topological polar surface area (TPSA) is 32.3 Å². The monoisotopic (exact) mass is 330 g/mol. The Hall–Kier alpha value is -2.88. The Bertz CT molecular complexity index is 856. The summed E-state index contributed by atoms with van der Waals surface area (Å²) in [4.78, 5) is 14.0. The highest BCUT2D eigenvalue weighted by atomic mass is 15.3. The molecule has 0 bridgehead atoms. The van der Waals surface area contributed by atoms with Gasteiger partial charge in [0.2, 0.25) is 5.95 Å². The fourth-order valence-corrected chi connectivity index (χ4v) is 3.42. The molecule has 0 N–H and O–H groups in total. The summed E-state index contributed by atoms with van der Waals surface area (Å²) in [5.74, 6) is 1.73. The van der Waals surface area contributed by atoms with Crippen molar-refractivity contribution in [2.45, 2.75) is 20.3 Å². The van der Waals surface area contributed by atoms with Crippen LogP contribution in [-0.2, 0) is 6.42 Å². The van der Waals surface area contributed by atoms with E-state index >= 15 is 0 Å². The smallest absolute Gasteiger partial charge is 0.232 e. The van der Waals surface area contributed by atoms with E-state index in [1.807, 2.05) is 25.1 Å². The lowest BCUT2D eigenvalue weighted by atomic mass is 10.2. The van der Waals surface area contributed by atoms with Crippen LogP contribution in [0, 0.1) is 6.92 Å². The van der Waals surface area contributed by atoms with Crippen LogP contribution < -0.4 is 9.80 Å². The van der Waals surface area contributed by atoms with Gasteiger partial charge in [0.05, 0.1) is 0 Å². The van der Waals surface area contributed by atoms with Crippen molar-refractivity contribution in [2.24, 2.45) is 0 Å². The number of hydrogen-bond donors (Lipinski definition) is 0. The van der Waals surface area contributed by atoms with E-state index < -0.39 is 0 Å². The average molecular weight is 330 g/mol. The molecule has 126 valence electrons. The van der Waals surface area contributed by atoms with Crippen LogP contribution in [0.4, 0.5) is 23.1 Å². The van der Waals surface area contributed by atoms with E-state index in [-0.39, 0.29) is 0 Å². The Morgan fingerprint density at radius 1 is 1.00 bits per heavy atom. The van der Waals surface area contributed by atoms with Crippen LogP contribution in [0.15, 0.2) is 60.7 Å². The third-order valence-electron chi connectivity index (χ3n) is 4.62. The number of aryl methyl sites for hydroxylation is 1. The summed E-state index contributed by atoms with van der Waals surface area (Å²) in [7, 11) is 0. The molecule has 0 unspecified atom stereocenters. The maximum atomic E-state index is 4.90. The molecule has 2 heterocycles. The zero-order chi connectivity index (χ0) is 17.2. The molecule has 1 aliphatic heterocycles. The number of fused-ring (bicyclic) bond motifs is 1. The summed E-state index contributed by atoms with van der Waals surface area (Å²) in [6.45, 7) is 5.95. The van der Waals surface area contributed by atoms with E-state index in [0.29, 0.717) is 0 Å². The van der Waals surface area contributed by atoms with Gasteiger partial charge in [-0.3, -0.25) is 0 Å². The number of rotatable bonds is 4. The van der Waals surface area contributed by atoms with E-state index in [1.54, 1.807) is 0 Å². The van der Waals surface area contributed by atoms with Crippen LogP contribution in [0.25, 0.3) is 0 Å². The molecule has 2 aromatic carbocycles. The van der Waals surface area contributed by atoms with Crippen molar-refractivity contribution in [3.63, 3.8) is 0 Å². The first-order valence-corrected chi connectivity index (χ1v) is 8.80. The molecule has 4 rings (SSSR count). The number of para-hydroxylation sites is 2. The second-order valence-corrected chi connectivity index (χ2v) is 6.28. The Labute approximate surface area is 148 Å². The quantitative estimate of drug-likeness (QED) is 0.698. The van der Waals surface area contributed by atoms with Crippen LogP contribution in [-0.4, -0.2) is 23.1 Å². The minimum atomic E-state index is 0.757. The predicted octanol–water partition coefficient (Wildman–Crippen LogP) is 4.64.